The van der Waals surface area contributed by atoms with Crippen molar-refractivity contribution in [1.29, 1.82) is 0 Å². The Morgan fingerprint density at radius 1 is 0.909 bits per heavy atom. The van der Waals surface area contributed by atoms with E-state index >= 15 is 0 Å². The zero-order valence-corrected chi connectivity index (χ0v) is 15.9. The second kappa shape index (κ2) is 15.3. The Balaban J connectivity index is 0. The van der Waals surface area contributed by atoms with Crippen molar-refractivity contribution in [2.45, 2.75) is 39.5 Å². The van der Waals surface area contributed by atoms with Gasteiger partial charge in [-0.15, -0.1) is 0 Å². The van der Waals surface area contributed by atoms with Gasteiger partial charge < -0.3 is 19.8 Å². The first-order chi connectivity index (χ1) is 10.2. The van der Waals surface area contributed by atoms with Gasteiger partial charge in [-0.1, -0.05) is 26.7 Å². The van der Waals surface area contributed by atoms with E-state index in [2.05, 4.69) is 56.9 Å². The first-order valence-electron chi connectivity index (χ1n) is 8.45. The van der Waals surface area contributed by atoms with Gasteiger partial charge >= 0.3 is 5.97 Å². The Morgan fingerprint density at radius 3 is 1.64 bits per heavy atom. The largest absolute Gasteiger partial charge is 0.481 e. The van der Waals surface area contributed by atoms with Crippen LogP contribution in [0.4, 0.5) is 0 Å². The highest BCUT2D eigenvalue weighted by atomic mass is 16.4. The van der Waals surface area contributed by atoms with Crippen molar-refractivity contribution in [2.75, 3.05) is 61.4 Å². The third kappa shape index (κ3) is 17.4. The number of aliphatic carboxylic acids is 1. The van der Waals surface area contributed by atoms with Gasteiger partial charge in [-0.3, -0.25) is 4.79 Å². The van der Waals surface area contributed by atoms with Crippen molar-refractivity contribution in [1.82, 2.24) is 14.7 Å². The van der Waals surface area contributed by atoms with Gasteiger partial charge in [0.05, 0.1) is 5.92 Å². The van der Waals surface area contributed by atoms with Crippen molar-refractivity contribution < 1.29 is 9.90 Å². The van der Waals surface area contributed by atoms with Crippen LogP contribution in [0.3, 0.4) is 0 Å². The van der Waals surface area contributed by atoms with E-state index in [0.29, 0.717) is 0 Å². The van der Waals surface area contributed by atoms with Gasteiger partial charge in [0.25, 0.3) is 0 Å². The Hall–Kier alpha value is -0.650. The molecule has 134 valence electrons. The van der Waals surface area contributed by atoms with Crippen LogP contribution in [0.15, 0.2) is 0 Å². The minimum absolute atomic E-state index is 0.111. The minimum Gasteiger partial charge on any atom is -0.481 e. The molecule has 1 unspecified atom stereocenters. The lowest BCUT2D eigenvalue weighted by Crippen LogP contribution is -2.33. The summed E-state index contributed by atoms with van der Waals surface area (Å²) < 4.78 is 0. The summed E-state index contributed by atoms with van der Waals surface area (Å²) in [5.74, 6) is -0.754. The quantitative estimate of drug-likeness (QED) is 0.634. The Labute approximate surface area is 138 Å². The summed E-state index contributed by atoms with van der Waals surface area (Å²) in [5, 5.41) is 8.60. The van der Waals surface area contributed by atoms with Crippen molar-refractivity contribution in [2.24, 2.45) is 5.92 Å². The van der Waals surface area contributed by atoms with Crippen LogP contribution in [0.1, 0.15) is 39.5 Å². The highest BCUT2D eigenvalue weighted by molar-refractivity contribution is 5.69. The second-order valence-electron chi connectivity index (χ2n) is 6.50. The van der Waals surface area contributed by atoms with E-state index in [1.54, 1.807) is 0 Å². The molecule has 0 radical (unpaired) electrons. The van der Waals surface area contributed by atoms with Crippen LogP contribution in [-0.2, 0) is 4.79 Å². The highest BCUT2D eigenvalue weighted by Crippen LogP contribution is 2.11. The zero-order valence-electron chi connectivity index (χ0n) is 15.9. The molecule has 0 aromatic carbocycles. The molecule has 0 aliphatic rings. The van der Waals surface area contributed by atoms with E-state index in [-0.39, 0.29) is 5.92 Å². The molecule has 0 aliphatic heterocycles. The third-order valence-corrected chi connectivity index (χ3v) is 3.61. The number of likely N-dealkylation sites (N-methyl/N-ethyl adjacent to an activating group) is 3. The van der Waals surface area contributed by atoms with E-state index in [9.17, 15) is 4.79 Å². The van der Waals surface area contributed by atoms with Crippen LogP contribution < -0.4 is 0 Å². The predicted octanol–water partition coefficient (Wildman–Crippen LogP) is 2.33. The van der Waals surface area contributed by atoms with Gasteiger partial charge in [0.15, 0.2) is 0 Å². The molecule has 0 heterocycles. The number of nitrogens with zero attached hydrogens (tertiary/aromatic N) is 3. The maximum atomic E-state index is 10.4. The monoisotopic (exact) mass is 317 g/mol. The maximum absolute atomic E-state index is 10.4. The number of carboxylic acids is 1. The molecule has 5 nitrogen and oxygen atoms in total. The molecule has 5 heteroatoms. The molecule has 0 aliphatic carbocycles. The highest BCUT2D eigenvalue weighted by Gasteiger charge is 2.12. The van der Waals surface area contributed by atoms with Gasteiger partial charge in [-0.2, -0.15) is 0 Å². The summed E-state index contributed by atoms with van der Waals surface area (Å²) in [7, 11) is 10.6. The van der Waals surface area contributed by atoms with Crippen molar-refractivity contribution in [3.05, 3.63) is 0 Å². The number of rotatable bonds is 11. The van der Waals surface area contributed by atoms with Crippen LogP contribution in [0.5, 0.6) is 0 Å². The Morgan fingerprint density at radius 2 is 1.36 bits per heavy atom. The van der Waals surface area contributed by atoms with Crippen LogP contribution in [0, 0.1) is 5.92 Å². The fourth-order valence-corrected chi connectivity index (χ4v) is 1.81. The first kappa shape index (κ1) is 23.6. The molecule has 22 heavy (non-hydrogen) atoms. The van der Waals surface area contributed by atoms with E-state index in [4.69, 9.17) is 5.11 Å². The molecular weight excluding hydrogens is 278 g/mol. The molecule has 0 saturated heterocycles. The van der Waals surface area contributed by atoms with Gasteiger partial charge in [-0.25, -0.2) is 0 Å². The van der Waals surface area contributed by atoms with Gasteiger partial charge in [0.2, 0.25) is 0 Å². The molecule has 1 N–H and O–H groups in total. The number of carboxylic acid groups (broad SMARTS) is 1. The average Bonchev–Trinajstić information content (AvgIpc) is 2.44. The standard InChI is InChI=1S/C9H23N3.C8H16O2/c1-10(2)6-8-12(5)9-7-11(3)4;1-3-5-6-7(4-2)8(9)10/h6-9H2,1-5H3;7H,3-6H2,1-2H3,(H,9,10). The van der Waals surface area contributed by atoms with Gasteiger partial charge in [0.1, 0.15) is 0 Å². The molecular formula is C17H39N3O2. The maximum Gasteiger partial charge on any atom is 0.306 e. The van der Waals surface area contributed by atoms with Gasteiger partial charge in [-0.05, 0) is 48.1 Å². The summed E-state index contributed by atoms with van der Waals surface area (Å²) in [6.45, 7) is 8.60. The molecule has 0 rings (SSSR count). The van der Waals surface area contributed by atoms with Crippen molar-refractivity contribution >= 4 is 5.97 Å². The third-order valence-electron chi connectivity index (χ3n) is 3.61. The van der Waals surface area contributed by atoms with Crippen molar-refractivity contribution in [3.63, 3.8) is 0 Å². The summed E-state index contributed by atoms with van der Waals surface area (Å²) in [5.41, 5.74) is 0. The van der Waals surface area contributed by atoms with E-state index in [1.807, 2.05) is 6.92 Å². The number of unbranched alkanes of at least 4 members (excludes halogenated alkanes) is 1. The van der Waals surface area contributed by atoms with E-state index in [1.165, 1.54) is 0 Å². The molecule has 0 aromatic heterocycles. The van der Waals surface area contributed by atoms with Crippen LogP contribution >= 0.6 is 0 Å². The molecule has 0 saturated carbocycles. The fraction of sp³-hybridized carbons (Fsp3) is 0.941. The number of carbonyl (C=O) groups is 1. The van der Waals surface area contributed by atoms with Crippen LogP contribution in [0.25, 0.3) is 0 Å². The summed E-state index contributed by atoms with van der Waals surface area (Å²) in [4.78, 5) is 17.2. The molecule has 1 atom stereocenters. The minimum atomic E-state index is -0.643. The summed E-state index contributed by atoms with van der Waals surface area (Å²) >= 11 is 0. The molecule has 0 bridgehead atoms. The topological polar surface area (TPSA) is 47.0 Å². The normalized spacial score (nSPS) is 12.5. The fourth-order valence-electron chi connectivity index (χ4n) is 1.81. The molecule has 0 aromatic rings. The lowest BCUT2D eigenvalue weighted by atomic mass is 10.00. The summed E-state index contributed by atoms with van der Waals surface area (Å²) in [6.07, 6.45) is 3.71. The summed E-state index contributed by atoms with van der Waals surface area (Å²) in [6, 6.07) is 0. The number of hydrogen-bond donors (Lipinski definition) is 1. The average molecular weight is 318 g/mol. The van der Waals surface area contributed by atoms with Crippen LogP contribution in [-0.4, -0.2) is 87.2 Å². The Bertz CT molecular complexity index is 246. The predicted molar refractivity (Wildman–Crippen MR) is 95.5 cm³/mol. The molecule has 0 amide bonds. The van der Waals surface area contributed by atoms with E-state index in [0.717, 1.165) is 51.9 Å². The second-order valence-corrected chi connectivity index (χ2v) is 6.50. The lowest BCUT2D eigenvalue weighted by Gasteiger charge is -2.20. The zero-order chi connectivity index (χ0) is 17.5. The van der Waals surface area contributed by atoms with E-state index < -0.39 is 5.97 Å². The smallest absolute Gasteiger partial charge is 0.306 e. The van der Waals surface area contributed by atoms with Gasteiger partial charge in [0, 0.05) is 26.2 Å². The van der Waals surface area contributed by atoms with Crippen LogP contribution in [0.2, 0.25) is 0 Å². The van der Waals surface area contributed by atoms with Crippen molar-refractivity contribution in [3.8, 4) is 0 Å². The molecule has 0 fully saturated rings. The first-order valence-corrected chi connectivity index (χ1v) is 8.45. The number of hydrogen-bond acceptors (Lipinski definition) is 4. The lowest BCUT2D eigenvalue weighted by molar-refractivity contribution is -0.142. The SMILES string of the molecule is CCCCC(CC)C(=O)O.CN(C)CCN(C)CCN(C)C. The Kier molecular flexibility index (Phi) is 16.4. The molecule has 0 spiro atoms.